The summed E-state index contributed by atoms with van der Waals surface area (Å²) >= 11 is 0. The van der Waals surface area contributed by atoms with Gasteiger partial charge in [0, 0.05) is 12.0 Å². The first kappa shape index (κ1) is 20.0. The SMILES string of the molecule is CC(C)(C)[Si](C)(C)O[C@H]1CC(=O)[C@@H]2C(c3ccc(-c4ccccc4)cc3)=NO[C@@H]21. The normalized spacial score (nSPS) is 24.2. The van der Waals surface area contributed by atoms with E-state index in [9.17, 15) is 4.79 Å². The molecular weight excluding hydrogens is 378 g/mol. The molecule has 4 nitrogen and oxygen atoms in total. The molecule has 0 bridgehead atoms. The Morgan fingerprint density at radius 2 is 1.55 bits per heavy atom. The van der Waals surface area contributed by atoms with Crippen molar-refractivity contribution in [2.24, 2.45) is 11.1 Å². The second-order valence-corrected chi connectivity index (χ2v) is 14.3. The summed E-state index contributed by atoms with van der Waals surface area (Å²) in [6.07, 6.45) is -0.109. The summed E-state index contributed by atoms with van der Waals surface area (Å²) in [6.45, 7) is 11.0. The fourth-order valence-corrected chi connectivity index (χ4v) is 5.14. The third kappa shape index (κ3) is 3.69. The second-order valence-electron chi connectivity index (χ2n) is 9.55. The first-order valence-electron chi connectivity index (χ1n) is 10.3. The zero-order valence-corrected chi connectivity index (χ0v) is 18.8. The Bertz CT molecular complexity index is 929. The molecule has 0 radical (unpaired) electrons. The van der Waals surface area contributed by atoms with E-state index >= 15 is 0 Å². The van der Waals surface area contributed by atoms with Gasteiger partial charge in [-0.15, -0.1) is 0 Å². The first-order valence-corrected chi connectivity index (χ1v) is 13.2. The molecule has 1 saturated carbocycles. The molecule has 1 aliphatic carbocycles. The molecule has 3 atom stereocenters. The van der Waals surface area contributed by atoms with Crippen LogP contribution in [0.25, 0.3) is 11.1 Å². The summed E-state index contributed by atoms with van der Waals surface area (Å²) in [5.74, 6) is -0.158. The molecule has 29 heavy (non-hydrogen) atoms. The van der Waals surface area contributed by atoms with Crippen LogP contribution in [-0.4, -0.2) is 32.0 Å². The quantitative estimate of drug-likeness (QED) is 0.635. The molecule has 0 N–H and O–H groups in total. The van der Waals surface area contributed by atoms with Gasteiger partial charge in [-0.2, -0.15) is 0 Å². The van der Waals surface area contributed by atoms with Crippen LogP contribution in [0.1, 0.15) is 32.8 Å². The van der Waals surface area contributed by atoms with E-state index in [0.717, 1.165) is 16.8 Å². The maximum absolute atomic E-state index is 12.8. The van der Waals surface area contributed by atoms with Crippen molar-refractivity contribution in [3.63, 3.8) is 0 Å². The summed E-state index contributed by atoms with van der Waals surface area (Å²) < 4.78 is 6.53. The first-order chi connectivity index (χ1) is 13.7. The van der Waals surface area contributed by atoms with Gasteiger partial charge in [0.25, 0.3) is 0 Å². The number of fused-ring (bicyclic) bond motifs is 1. The average molecular weight is 408 g/mol. The van der Waals surface area contributed by atoms with Crippen LogP contribution in [-0.2, 0) is 14.1 Å². The lowest BCUT2D eigenvalue weighted by molar-refractivity contribution is -0.119. The highest BCUT2D eigenvalue weighted by molar-refractivity contribution is 6.74. The van der Waals surface area contributed by atoms with E-state index in [1.54, 1.807) is 0 Å². The highest BCUT2D eigenvalue weighted by atomic mass is 28.4. The Morgan fingerprint density at radius 1 is 0.966 bits per heavy atom. The molecule has 0 aromatic heterocycles. The molecule has 0 saturated heterocycles. The van der Waals surface area contributed by atoms with Crippen molar-refractivity contribution >= 4 is 19.8 Å². The van der Waals surface area contributed by atoms with E-state index < -0.39 is 8.32 Å². The van der Waals surface area contributed by atoms with Crippen molar-refractivity contribution < 1.29 is 14.1 Å². The summed E-state index contributed by atoms with van der Waals surface area (Å²) in [7, 11) is -1.99. The third-order valence-corrected chi connectivity index (χ3v) is 11.1. The van der Waals surface area contributed by atoms with Gasteiger partial charge < -0.3 is 9.26 Å². The Hall–Kier alpha value is -2.24. The molecule has 152 valence electrons. The van der Waals surface area contributed by atoms with E-state index in [4.69, 9.17) is 9.26 Å². The standard InChI is InChI=1S/C24H29NO3Si/c1-24(2,3)29(4,5)28-20-15-19(26)21-22(25-27-23(20)21)18-13-11-17(12-14-18)16-9-7-6-8-10-16/h6-14,20-21,23H,15H2,1-5H3/t20-,21+,23+/m0/s1. The zero-order chi connectivity index (χ0) is 20.8. The van der Waals surface area contributed by atoms with E-state index in [2.05, 4.69) is 63.3 Å². The lowest BCUT2D eigenvalue weighted by Gasteiger charge is -2.39. The molecule has 0 unspecified atom stereocenters. The molecule has 0 spiro atoms. The number of oxime groups is 1. The number of carbonyl (C=O) groups is 1. The van der Waals surface area contributed by atoms with Crippen LogP contribution in [0.4, 0.5) is 0 Å². The van der Waals surface area contributed by atoms with E-state index in [-0.39, 0.29) is 28.9 Å². The highest BCUT2D eigenvalue weighted by Crippen LogP contribution is 2.42. The van der Waals surface area contributed by atoms with Gasteiger partial charge >= 0.3 is 0 Å². The van der Waals surface area contributed by atoms with Crippen LogP contribution in [0.5, 0.6) is 0 Å². The fraction of sp³-hybridized carbons (Fsp3) is 0.417. The van der Waals surface area contributed by atoms with Crippen molar-refractivity contribution in [1.82, 2.24) is 0 Å². The van der Waals surface area contributed by atoms with Gasteiger partial charge in [-0.05, 0) is 29.3 Å². The van der Waals surface area contributed by atoms with E-state index in [1.165, 1.54) is 5.56 Å². The summed E-state index contributed by atoms with van der Waals surface area (Å²) in [5, 5.41) is 4.40. The average Bonchev–Trinajstić information content (AvgIpc) is 3.24. The lowest BCUT2D eigenvalue weighted by atomic mass is 9.92. The molecule has 5 heteroatoms. The highest BCUT2D eigenvalue weighted by Gasteiger charge is 2.54. The van der Waals surface area contributed by atoms with Gasteiger partial charge in [0.2, 0.25) is 0 Å². The fourth-order valence-electron chi connectivity index (χ4n) is 3.81. The van der Waals surface area contributed by atoms with Crippen molar-refractivity contribution in [1.29, 1.82) is 0 Å². The largest absolute Gasteiger partial charge is 0.410 e. The predicted octanol–water partition coefficient (Wildman–Crippen LogP) is 5.44. The number of hydrogen-bond acceptors (Lipinski definition) is 4. The molecule has 4 rings (SSSR count). The lowest BCUT2D eigenvalue weighted by Crippen LogP contribution is -2.46. The minimum atomic E-state index is -1.99. The maximum Gasteiger partial charge on any atom is 0.192 e. The summed E-state index contributed by atoms with van der Waals surface area (Å²) in [6, 6.07) is 18.5. The molecule has 2 aromatic carbocycles. The second kappa shape index (κ2) is 7.22. The molecule has 2 aromatic rings. The molecule has 1 heterocycles. The number of rotatable bonds is 4. The van der Waals surface area contributed by atoms with Crippen molar-refractivity contribution in [3.8, 4) is 11.1 Å². The Kier molecular flexibility index (Phi) is 4.99. The van der Waals surface area contributed by atoms with Gasteiger partial charge in [0.05, 0.1) is 6.10 Å². The number of nitrogens with zero attached hydrogens (tertiary/aromatic N) is 1. The minimum absolute atomic E-state index is 0.0870. The van der Waals surface area contributed by atoms with Crippen LogP contribution in [0, 0.1) is 5.92 Å². The van der Waals surface area contributed by atoms with Crippen molar-refractivity contribution in [2.45, 2.75) is 57.5 Å². The monoisotopic (exact) mass is 407 g/mol. The number of ketones is 1. The third-order valence-electron chi connectivity index (χ3n) is 6.55. The van der Waals surface area contributed by atoms with Gasteiger partial charge in [-0.1, -0.05) is 80.5 Å². The molecule has 1 aliphatic heterocycles. The number of Topliss-reactive ketones (excluding diaryl/α,β-unsaturated/α-hetero) is 1. The molecule has 1 fully saturated rings. The number of hydrogen-bond donors (Lipinski definition) is 0. The smallest absolute Gasteiger partial charge is 0.192 e. The molecular formula is C24H29NO3Si. The zero-order valence-electron chi connectivity index (χ0n) is 17.8. The van der Waals surface area contributed by atoms with Crippen LogP contribution in [0.3, 0.4) is 0 Å². The van der Waals surface area contributed by atoms with Crippen molar-refractivity contribution in [3.05, 3.63) is 60.2 Å². The topological polar surface area (TPSA) is 47.9 Å². The summed E-state index contributed by atoms with van der Waals surface area (Å²) in [5.41, 5.74) is 3.99. The van der Waals surface area contributed by atoms with Crippen LogP contribution < -0.4 is 0 Å². The Balaban J connectivity index is 1.53. The molecule has 2 aliphatic rings. The molecule has 0 amide bonds. The van der Waals surface area contributed by atoms with Crippen LogP contribution in [0.2, 0.25) is 18.1 Å². The van der Waals surface area contributed by atoms with E-state index in [0.29, 0.717) is 6.42 Å². The predicted molar refractivity (Wildman–Crippen MR) is 118 cm³/mol. The number of carbonyl (C=O) groups excluding carboxylic acids is 1. The van der Waals surface area contributed by atoms with Crippen LogP contribution >= 0.6 is 0 Å². The van der Waals surface area contributed by atoms with Gasteiger partial charge in [0.15, 0.2) is 14.4 Å². The van der Waals surface area contributed by atoms with Crippen molar-refractivity contribution in [2.75, 3.05) is 0 Å². The van der Waals surface area contributed by atoms with Gasteiger partial charge in [-0.25, -0.2) is 0 Å². The summed E-state index contributed by atoms with van der Waals surface area (Å²) in [4.78, 5) is 18.6. The number of benzene rings is 2. The Morgan fingerprint density at radius 3 is 2.17 bits per heavy atom. The van der Waals surface area contributed by atoms with Gasteiger partial charge in [-0.3, -0.25) is 4.79 Å². The van der Waals surface area contributed by atoms with Crippen LogP contribution in [0.15, 0.2) is 59.8 Å². The Labute approximate surface area is 174 Å². The minimum Gasteiger partial charge on any atom is -0.410 e. The van der Waals surface area contributed by atoms with E-state index in [1.807, 2.05) is 30.3 Å². The van der Waals surface area contributed by atoms with Gasteiger partial charge in [0.1, 0.15) is 17.4 Å². The maximum atomic E-state index is 12.8.